The first kappa shape index (κ1) is 12.9. The third kappa shape index (κ3) is 3.00. The molecule has 2 rings (SSSR count). The van der Waals surface area contributed by atoms with Crippen LogP contribution in [0.15, 0.2) is 18.2 Å². The van der Waals surface area contributed by atoms with Crippen LogP contribution in [0, 0.1) is 11.7 Å². The van der Waals surface area contributed by atoms with Gasteiger partial charge in [0.1, 0.15) is 17.1 Å². The molecule has 0 heterocycles. The quantitative estimate of drug-likeness (QED) is 0.895. The Labute approximate surface area is 106 Å². The van der Waals surface area contributed by atoms with Crippen molar-refractivity contribution >= 4 is 5.97 Å². The molecule has 1 N–H and O–H groups in total. The van der Waals surface area contributed by atoms with Gasteiger partial charge < -0.3 is 9.84 Å². The van der Waals surface area contributed by atoms with E-state index in [9.17, 15) is 9.18 Å². The molecule has 0 spiro atoms. The zero-order valence-corrected chi connectivity index (χ0v) is 10.4. The van der Waals surface area contributed by atoms with Gasteiger partial charge in [0, 0.05) is 6.07 Å². The van der Waals surface area contributed by atoms with Crippen molar-refractivity contribution in [2.45, 2.75) is 38.7 Å². The van der Waals surface area contributed by atoms with Crippen LogP contribution in [0.25, 0.3) is 0 Å². The van der Waals surface area contributed by atoms with Crippen LogP contribution in [0.3, 0.4) is 0 Å². The summed E-state index contributed by atoms with van der Waals surface area (Å²) in [5.74, 6) is -0.847. The average Bonchev–Trinajstić information content (AvgIpc) is 2.28. The van der Waals surface area contributed by atoms with E-state index in [4.69, 9.17) is 9.84 Å². The van der Waals surface area contributed by atoms with Crippen molar-refractivity contribution in [1.82, 2.24) is 0 Å². The number of hydrogen-bond donors (Lipinski definition) is 1. The number of halogens is 1. The second-order valence-corrected chi connectivity index (χ2v) is 4.96. The van der Waals surface area contributed by atoms with Crippen molar-refractivity contribution < 1.29 is 19.0 Å². The van der Waals surface area contributed by atoms with Crippen molar-refractivity contribution in [3.8, 4) is 5.75 Å². The lowest BCUT2D eigenvalue weighted by atomic mass is 9.88. The van der Waals surface area contributed by atoms with Crippen LogP contribution < -0.4 is 4.74 Å². The topological polar surface area (TPSA) is 46.5 Å². The third-order valence-corrected chi connectivity index (χ3v) is 3.36. The molecule has 4 heteroatoms. The van der Waals surface area contributed by atoms with Crippen LogP contribution >= 0.6 is 0 Å². The number of hydrogen-bond acceptors (Lipinski definition) is 2. The Morgan fingerprint density at radius 2 is 2.22 bits per heavy atom. The fourth-order valence-electron chi connectivity index (χ4n) is 2.44. The van der Waals surface area contributed by atoms with Crippen molar-refractivity contribution in [3.05, 3.63) is 29.6 Å². The minimum absolute atomic E-state index is 0.00588. The second-order valence-electron chi connectivity index (χ2n) is 4.96. The third-order valence-electron chi connectivity index (χ3n) is 3.36. The van der Waals surface area contributed by atoms with Crippen molar-refractivity contribution in [2.75, 3.05) is 0 Å². The smallest absolute Gasteiger partial charge is 0.339 e. The highest BCUT2D eigenvalue weighted by Crippen LogP contribution is 2.29. The highest BCUT2D eigenvalue weighted by atomic mass is 19.1. The molecule has 0 aliphatic heterocycles. The van der Waals surface area contributed by atoms with Gasteiger partial charge in [-0.2, -0.15) is 0 Å². The van der Waals surface area contributed by atoms with Gasteiger partial charge in [-0.3, -0.25) is 0 Å². The summed E-state index contributed by atoms with van der Waals surface area (Å²) < 4.78 is 18.8. The number of carboxylic acids is 1. The number of ether oxygens (including phenoxy) is 1. The summed E-state index contributed by atoms with van der Waals surface area (Å²) in [5.41, 5.74) is 0.0228. The summed E-state index contributed by atoms with van der Waals surface area (Å²) >= 11 is 0. The summed E-state index contributed by atoms with van der Waals surface area (Å²) in [5, 5.41) is 9.04. The molecule has 1 aromatic carbocycles. The molecule has 0 saturated heterocycles. The van der Waals surface area contributed by atoms with Crippen LogP contribution in [0.4, 0.5) is 4.39 Å². The molecular formula is C14H17FO3. The van der Waals surface area contributed by atoms with Gasteiger partial charge in [0.05, 0.1) is 6.10 Å². The Kier molecular flexibility index (Phi) is 3.84. The van der Waals surface area contributed by atoms with Gasteiger partial charge in [-0.05, 0) is 37.3 Å². The maximum atomic E-state index is 13.2. The second kappa shape index (κ2) is 5.38. The highest BCUT2D eigenvalue weighted by Gasteiger charge is 2.22. The lowest BCUT2D eigenvalue weighted by molar-refractivity contribution is 0.0683. The van der Waals surface area contributed by atoms with Gasteiger partial charge in [-0.25, -0.2) is 9.18 Å². The summed E-state index contributed by atoms with van der Waals surface area (Å²) in [6.45, 7) is 2.15. The van der Waals surface area contributed by atoms with Gasteiger partial charge in [-0.1, -0.05) is 13.3 Å². The summed E-state index contributed by atoms with van der Waals surface area (Å²) in [6.07, 6.45) is 4.04. The van der Waals surface area contributed by atoms with E-state index in [0.29, 0.717) is 5.92 Å². The SMILES string of the molecule is CC1CCCC(Oc2cc(F)ccc2C(=O)O)C1. The van der Waals surface area contributed by atoms with E-state index in [0.717, 1.165) is 31.4 Å². The molecule has 0 radical (unpaired) electrons. The van der Waals surface area contributed by atoms with Crippen LogP contribution in [-0.4, -0.2) is 17.2 Å². The molecule has 0 aromatic heterocycles. The molecule has 3 nitrogen and oxygen atoms in total. The molecule has 2 unspecified atom stereocenters. The Bertz CT molecular complexity index is 445. The molecule has 1 aliphatic rings. The molecule has 98 valence electrons. The first-order valence-corrected chi connectivity index (χ1v) is 6.25. The van der Waals surface area contributed by atoms with Crippen LogP contribution in [0.5, 0.6) is 5.75 Å². The molecule has 1 aliphatic carbocycles. The maximum absolute atomic E-state index is 13.2. The fraction of sp³-hybridized carbons (Fsp3) is 0.500. The van der Waals surface area contributed by atoms with Gasteiger partial charge >= 0.3 is 5.97 Å². The normalized spacial score (nSPS) is 23.7. The molecule has 0 bridgehead atoms. The first-order valence-electron chi connectivity index (χ1n) is 6.25. The van der Waals surface area contributed by atoms with E-state index < -0.39 is 11.8 Å². The largest absolute Gasteiger partial charge is 0.489 e. The predicted molar refractivity (Wildman–Crippen MR) is 65.4 cm³/mol. The van der Waals surface area contributed by atoms with E-state index >= 15 is 0 Å². The van der Waals surface area contributed by atoms with E-state index in [1.54, 1.807) is 0 Å². The summed E-state index contributed by atoms with van der Waals surface area (Å²) in [7, 11) is 0. The molecular weight excluding hydrogens is 235 g/mol. The number of aromatic carboxylic acids is 1. The van der Waals surface area contributed by atoms with Crippen LogP contribution in [-0.2, 0) is 0 Å². The van der Waals surface area contributed by atoms with Gasteiger partial charge in [-0.15, -0.1) is 0 Å². The fourth-order valence-corrected chi connectivity index (χ4v) is 2.44. The van der Waals surface area contributed by atoms with Gasteiger partial charge in [0.25, 0.3) is 0 Å². The maximum Gasteiger partial charge on any atom is 0.339 e. The number of carboxylic acid groups (broad SMARTS) is 1. The Hall–Kier alpha value is -1.58. The predicted octanol–water partition coefficient (Wildman–Crippen LogP) is 3.48. The Morgan fingerprint density at radius 1 is 1.44 bits per heavy atom. The standard InChI is InChI=1S/C14H17FO3/c1-9-3-2-4-11(7-9)18-13-8-10(15)5-6-12(13)14(16)17/h5-6,8-9,11H,2-4,7H2,1H3,(H,16,17). The van der Waals surface area contributed by atoms with Gasteiger partial charge in [0.15, 0.2) is 0 Å². The van der Waals surface area contributed by atoms with Gasteiger partial charge in [0.2, 0.25) is 0 Å². The molecule has 0 amide bonds. The monoisotopic (exact) mass is 252 g/mol. The molecule has 2 atom stereocenters. The minimum Gasteiger partial charge on any atom is -0.489 e. The van der Waals surface area contributed by atoms with E-state index in [-0.39, 0.29) is 17.4 Å². The lowest BCUT2D eigenvalue weighted by Crippen LogP contribution is -2.24. The highest BCUT2D eigenvalue weighted by molar-refractivity contribution is 5.90. The minimum atomic E-state index is -1.09. The van der Waals surface area contributed by atoms with E-state index in [2.05, 4.69) is 6.92 Å². The summed E-state index contributed by atoms with van der Waals surface area (Å²) in [6, 6.07) is 3.54. The van der Waals surface area contributed by atoms with Crippen LogP contribution in [0.1, 0.15) is 43.0 Å². The van der Waals surface area contributed by atoms with Crippen molar-refractivity contribution in [2.24, 2.45) is 5.92 Å². The number of rotatable bonds is 3. The Morgan fingerprint density at radius 3 is 2.89 bits per heavy atom. The van der Waals surface area contributed by atoms with Crippen molar-refractivity contribution in [3.63, 3.8) is 0 Å². The molecule has 1 aromatic rings. The van der Waals surface area contributed by atoms with Crippen LogP contribution in [0.2, 0.25) is 0 Å². The summed E-state index contributed by atoms with van der Waals surface area (Å²) in [4.78, 5) is 11.0. The van der Waals surface area contributed by atoms with Crippen molar-refractivity contribution in [1.29, 1.82) is 0 Å². The first-order chi connectivity index (χ1) is 8.56. The molecule has 1 saturated carbocycles. The zero-order chi connectivity index (χ0) is 13.1. The average molecular weight is 252 g/mol. The number of benzene rings is 1. The van der Waals surface area contributed by atoms with E-state index in [1.807, 2.05) is 0 Å². The Balaban J connectivity index is 2.16. The zero-order valence-electron chi connectivity index (χ0n) is 10.4. The number of carbonyl (C=O) groups is 1. The molecule has 1 fully saturated rings. The molecule has 18 heavy (non-hydrogen) atoms. The van der Waals surface area contributed by atoms with E-state index in [1.165, 1.54) is 12.5 Å². The lowest BCUT2D eigenvalue weighted by Gasteiger charge is -2.27.